The molecule has 0 bridgehead atoms. The first-order valence-corrected chi connectivity index (χ1v) is 8.19. The first-order chi connectivity index (χ1) is 10.3. The lowest BCUT2D eigenvalue weighted by Crippen LogP contribution is -2.47. The zero-order valence-electron chi connectivity index (χ0n) is 13.7. The second-order valence-corrected chi connectivity index (χ2v) is 6.79. The summed E-state index contributed by atoms with van der Waals surface area (Å²) >= 11 is 5.89. The SMILES string of the molecule is Cc1cc(OC2CCN(C(=O)C(C)(C)CCl)CC2)nc(C)n1. The van der Waals surface area contributed by atoms with Crippen LogP contribution in [0, 0.1) is 19.3 Å². The maximum Gasteiger partial charge on any atom is 0.229 e. The van der Waals surface area contributed by atoms with Gasteiger partial charge in [-0.25, -0.2) is 4.98 Å². The number of piperidine rings is 1. The van der Waals surface area contributed by atoms with Gasteiger partial charge in [0.15, 0.2) is 0 Å². The number of amides is 1. The molecule has 0 unspecified atom stereocenters. The number of nitrogens with zero attached hydrogens (tertiary/aromatic N) is 3. The third-order valence-corrected chi connectivity index (χ3v) is 4.54. The van der Waals surface area contributed by atoms with Crippen LogP contribution in [0.2, 0.25) is 0 Å². The van der Waals surface area contributed by atoms with E-state index in [9.17, 15) is 4.79 Å². The van der Waals surface area contributed by atoms with Crippen molar-refractivity contribution in [3.05, 3.63) is 17.6 Å². The number of carbonyl (C=O) groups is 1. The van der Waals surface area contributed by atoms with Gasteiger partial charge >= 0.3 is 0 Å². The van der Waals surface area contributed by atoms with E-state index in [1.54, 1.807) is 0 Å². The van der Waals surface area contributed by atoms with Crippen molar-refractivity contribution < 1.29 is 9.53 Å². The predicted octanol–water partition coefficient (Wildman–Crippen LogP) is 2.73. The normalized spacial score (nSPS) is 16.7. The summed E-state index contributed by atoms with van der Waals surface area (Å²) in [6.45, 7) is 8.96. The van der Waals surface area contributed by atoms with Crippen LogP contribution in [0.1, 0.15) is 38.2 Å². The van der Waals surface area contributed by atoms with E-state index in [2.05, 4.69) is 9.97 Å². The highest BCUT2D eigenvalue weighted by Gasteiger charge is 2.33. The number of carbonyl (C=O) groups excluding carboxylic acids is 1. The highest BCUT2D eigenvalue weighted by molar-refractivity contribution is 6.19. The Bertz CT molecular complexity index is 520. The highest BCUT2D eigenvalue weighted by atomic mass is 35.5. The second kappa shape index (κ2) is 6.82. The third-order valence-electron chi connectivity index (χ3n) is 3.87. The molecule has 0 spiro atoms. The summed E-state index contributed by atoms with van der Waals surface area (Å²) in [5.74, 6) is 1.79. The van der Waals surface area contributed by atoms with E-state index in [4.69, 9.17) is 16.3 Å². The van der Waals surface area contributed by atoms with E-state index >= 15 is 0 Å². The van der Waals surface area contributed by atoms with Crippen LogP contribution < -0.4 is 4.74 Å². The summed E-state index contributed by atoms with van der Waals surface area (Å²) in [6, 6.07) is 1.85. The van der Waals surface area contributed by atoms with Gasteiger partial charge in [-0.1, -0.05) is 0 Å². The van der Waals surface area contributed by atoms with E-state index in [1.807, 2.05) is 38.7 Å². The summed E-state index contributed by atoms with van der Waals surface area (Å²) in [5.41, 5.74) is 0.398. The van der Waals surface area contributed by atoms with Crippen LogP contribution in [0.5, 0.6) is 5.88 Å². The number of rotatable bonds is 4. The van der Waals surface area contributed by atoms with E-state index in [0.29, 0.717) is 30.7 Å². The van der Waals surface area contributed by atoms with E-state index in [-0.39, 0.29) is 12.0 Å². The zero-order valence-corrected chi connectivity index (χ0v) is 14.5. The van der Waals surface area contributed by atoms with Gasteiger partial charge in [0.25, 0.3) is 0 Å². The molecule has 22 heavy (non-hydrogen) atoms. The van der Waals surface area contributed by atoms with Crippen molar-refractivity contribution in [2.75, 3.05) is 19.0 Å². The minimum absolute atomic E-state index is 0.0943. The fraction of sp³-hybridized carbons (Fsp3) is 0.688. The second-order valence-electron chi connectivity index (χ2n) is 6.52. The van der Waals surface area contributed by atoms with Gasteiger partial charge in [0.1, 0.15) is 11.9 Å². The Morgan fingerprint density at radius 2 is 2.00 bits per heavy atom. The maximum atomic E-state index is 12.4. The van der Waals surface area contributed by atoms with Gasteiger partial charge in [-0.2, -0.15) is 4.98 Å². The molecule has 1 aliphatic rings. The van der Waals surface area contributed by atoms with Crippen LogP contribution in [0.3, 0.4) is 0 Å². The van der Waals surface area contributed by atoms with Crippen LogP contribution in [-0.2, 0) is 4.79 Å². The fourth-order valence-corrected chi connectivity index (χ4v) is 2.69. The Kier molecular flexibility index (Phi) is 5.27. The van der Waals surface area contributed by atoms with Crippen molar-refractivity contribution in [2.24, 2.45) is 5.41 Å². The lowest BCUT2D eigenvalue weighted by molar-refractivity contribution is -0.141. The number of hydrogen-bond acceptors (Lipinski definition) is 4. The molecule has 0 saturated carbocycles. The van der Waals surface area contributed by atoms with Crippen molar-refractivity contribution in [1.82, 2.24) is 14.9 Å². The summed E-state index contributed by atoms with van der Waals surface area (Å²) < 4.78 is 5.94. The summed E-state index contributed by atoms with van der Waals surface area (Å²) in [7, 11) is 0. The smallest absolute Gasteiger partial charge is 0.229 e. The maximum absolute atomic E-state index is 12.4. The molecule has 0 radical (unpaired) electrons. The number of halogens is 1. The average Bonchev–Trinajstić information content (AvgIpc) is 2.46. The Hall–Kier alpha value is -1.36. The fourth-order valence-electron chi connectivity index (χ4n) is 2.58. The molecule has 2 heterocycles. The molecular weight excluding hydrogens is 302 g/mol. The van der Waals surface area contributed by atoms with Crippen LogP contribution in [0.15, 0.2) is 6.07 Å². The largest absolute Gasteiger partial charge is 0.474 e. The number of aromatic nitrogens is 2. The molecule has 6 heteroatoms. The molecule has 1 aromatic rings. The summed E-state index contributed by atoms with van der Waals surface area (Å²) in [6.07, 6.45) is 1.72. The molecular formula is C16H24ClN3O2. The van der Waals surface area contributed by atoms with E-state index < -0.39 is 5.41 Å². The van der Waals surface area contributed by atoms with E-state index in [0.717, 1.165) is 18.5 Å². The summed E-state index contributed by atoms with van der Waals surface area (Å²) in [5, 5.41) is 0. The van der Waals surface area contributed by atoms with Gasteiger partial charge in [0.2, 0.25) is 11.8 Å². The van der Waals surface area contributed by atoms with Gasteiger partial charge in [-0.05, 0) is 27.7 Å². The lowest BCUT2D eigenvalue weighted by Gasteiger charge is -2.36. The molecule has 1 fully saturated rings. The molecule has 122 valence electrons. The minimum Gasteiger partial charge on any atom is -0.474 e. The first-order valence-electron chi connectivity index (χ1n) is 7.66. The van der Waals surface area contributed by atoms with Crippen LogP contribution in [0.25, 0.3) is 0 Å². The average molecular weight is 326 g/mol. The van der Waals surface area contributed by atoms with Crippen molar-refractivity contribution in [3.63, 3.8) is 0 Å². The number of alkyl halides is 1. The van der Waals surface area contributed by atoms with Gasteiger partial charge < -0.3 is 9.64 Å². The molecule has 0 aliphatic carbocycles. The van der Waals surface area contributed by atoms with Gasteiger partial charge in [0.05, 0.1) is 5.41 Å². The minimum atomic E-state index is -0.504. The molecule has 1 aliphatic heterocycles. The first kappa shape index (κ1) is 17.0. The van der Waals surface area contributed by atoms with Gasteiger partial charge in [-0.15, -0.1) is 11.6 Å². The standard InChI is InChI=1S/C16H24ClN3O2/c1-11-9-14(19-12(2)18-11)22-13-5-7-20(8-6-13)15(21)16(3,4)10-17/h9,13H,5-8,10H2,1-4H3. The molecule has 1 aromatic heterocycles. The van der Waals surface area contributed by atoms with Gasteiger partial charge in [0, 0.05) is 43.6 Å². The number of likely N-dealkylation sites (tertiary alicyclic amines) is 1. The molecule has 0 aromatic carbocycles. The molecule has 0 atom stereocenters. The van der Waals surface area contributed by atoms with Crippen molar-refractivity contribution in [2.45, 2.75) is 46.6 Å². The molecule has 0 N–H and O–H groups in total. The molecule has 5 nitrogen and oxygen atoms in total. The topological polar surface area (TPSA) is 55.3 Å². The lowest BCUT2D eigenvalue weighted by atomic mass is 9.93. The van der Waals surface area contributed by atoms with Crippen molar-refractivity contribution >= 4 is 17.5 Å². The third kappa shape index (κ3) is 4.09. The molecule has 2 rings (SSSR count). The highest BCUT2D eigenvalue weighted by Crippen LogP contribution is 2.24. The Morgan fingerprint density at radius 3 is 2.55 bits per heavy atom. The monoisotopic (exact) mass is 325 g/mol. The molecule has 1 amide bonds. The number of ether oxygens (including phenoxy) is 1. The molecule has 1 saturated heterocycles. The summed E-state index contributed by atoms with van der Waals surface area (Å²) in [4.78, 5) is 22.8. The Balaban J connectivity index is 1.91. The van der Waals surface area contributed by atoms with Crippen molar-refractivity contribution in [3.8, 4) is 5.88 Å². The van der Waals surface area contributed by atoms with E-state index in [1.165, 1.54) is 0 Å². The van der Waals surface area contributed by atoms with Crippen molar-refractivity contribution in [1.29, 1.82) is 0 Å². The van der Waals surface area contributed by atoms with Crippen LogP contribution >= 0.6 is 11.6 Å². The quantitative estimate of drug-likeness (QED) is 0.799. The number of aryl methyl sites for hydroxylation is 2. The van der Waals surface area contributed by atoms with Crippen LogP contribution in [-0.4, -0.2) is 45.8 Å². The zero-order chi connectivity index (χ0) is 16.3. The predicted molar refractivity (Wildman–Crippen MR) is 86.2 cm³/mol. The Morgan fingerprint density at radius 1 is 1.36 bits per heavy atom. The number of hydrogen-bond donors (Lipinski definition) is 0. The Labute approximate surface area is 137 Å². The van der Waals surface area contributed by atoms with Gasteiger partial charge in [-0.3, -0.25) is 4.79 Å². The van der Waals surface area contributed by atoms with Crippen LogP contribution in [0.4, 0.5) is 0 Å².